The zero-order chi connectivity index (χ0) is 13.7. The summed E-state index contributed by atoms with van der Waals surface area (Å²) in [6.07, 6.45) is 5.12. The maximum atomic E-state index is 5.62. The Morgan fingerprint density at radius 3 is 2.95 bits per heavy atom. The van der Waals surface area contributed by atoms with Crippen LogP contribution in [0.2, 0.25) is 0 Å². The van der Waals surface area contributed by atoms with Gasteiger partial charge in [0.1, 0.15) is 11.6 Å². The Balaban J connectivity index is 1.71. The average Bonchev–Trinajstić information content (AvgIpc) is 2.35. The fourth-order valence-corrected chi connectivity index (χ4v) is 2.56. The molecule has 6 nitrogen and oxygen atoms in total. The second-order valence-corrected chi connectivity index (χ2v) is 5.20. The molecule has 1 fully saturated rings. The van der Waals surface area contributed by atoms with Gasteiger partial charge in [-0.1, -0.05) is 6.42 Å². The Morgan fingerprint density at radius 2 is 2.21 bits per heavy atom. The summed E-state index contributed by atoms with van der Waals surface area (Å²) in [7, 11) is 0. The molecule has 1 aromatic heterocycles. The summed E-state index contributed by atoms with van der Waals surface area (Å²) in [6, 6.07) is 2.43. The lowest BCUT2D eigenvalue weighted by Crippen LogP contribution is -2.38. The van der Waals surface area contributed by atoms with Crippen LogP contribution >= 0.6 is 0 Å². The summed E-state index contributed by atoms with van der Waals surface area (Å²) in [6.45, 7) is 5.55. The molecule has 1 atom stereocenters. The third-order valence-electron chi connectivity index (χ3n) is 3.63. The first kappa shape index (κ1) is 13.9. The molecular weight excluding hydrogens is 240 g/mol. The number of hydrogen-bond donors (Lipinski definition) is 3. The molecule has 1 unspecified atom stereocenters. The van der Waals surface area contributed by atoms with Crippen molar-refractivity contribution in [1.82, 2.24) is 14.9 Å². The van der Waals surface area contributed by atoms with E-state index in [-0.39, 0.29) is 5.95 Å². The highest BCUT2D eigenvalue weighted by molar-refractivity contribution is 5.48. The van der Waals surface area contributed by atoms with Crippen molar-refractivity contribution < 1.29 is 0 Å². The largest absolute Gasteiger partial charge is 0.383 e. The molecule has 0 aromatic carbocycles. The van der Waals surface area contributed by atoms with E-state index in [9.17, 15) is 0 Å². The number of aromatic nitrogens is 2. The van der Waals surface area contributed by atoms with Crippen molar-refractivity contribution in [2.45, 2.75) is 38.6 Å². The van der Waals surface area contributed by atoms with Gasteiger partial charge in [0.25, 0.3) is 0 Å². The van der Waals surface area contributed by atoms with Gasteiger partial charge in [0.2, 0.25) is 5.95 Å². The SMILES string of the molecule is CC1CCCCN1CCCNc1cc(N)nc(N)n1. The van der Waals surface area contributed by atoms with Gasteiger partial charge in [-0.3, -0.25) is 0 Å². The molecule has 1 aliphatic rings. The van der Waals surface area contributed by atoms with Gasteiger partial charge >= 0.3 is 0 Å². The van der Waals surface area contributed by atoms with Gasteiger partial charge in [-0.15, -0.1) is 0 Å². The fourth-order valence-electron chi connectivity index (χ4n) is 2.56. The third-order valence-corrected chi connectivity index (χ3v) is 3.63. The monoisotopic (exact) mass is 264 g/mol. The number of piperidine rings is 1. The Hall–Kier alpha value is -1.56. The van der Waals surface area contributed by atoms with E-state index in [1.807, 2.05) is 0 Å². The van der Waals surface area contributed by atoms with E-state index in [4.69, 9.17) is 11.5 Å². The fraction of sp³-hybridized carbons (Fsp3) is 0.692. The minimum Gasteiger partial charge on any atom is -0.383 e. The maximum absolute atomic E-state index is 5.62. The van der Waals surface area contributed by atoms with Crippen molar-refractivity contribution in [3.05, 3.63) is 6.07 Å². The number of nitrogens with two attached hydrogens (primary N) is 2. The first-order chi connectivity index (χ1) is 9.15. The van der Waals surface area contributed by atoms with E-state index in [0.717, 1.165) is 25.6 Å². The van der Waals surface area contributed by atoms with E-state index in [0.29, 0.717) is 11.6 Å². The lowest BCUT2D eigenvalue weighted by Gasteiger charge is -2.33. The molecule has 1 saturated heterocycles. The second-order valence-electron chi connectivity index (χ2n) is 5.20. The van der Waals surface area contributed by atoms with E-state index in [1.165, 1.54) is 25.8 Å². The van der Waals surface area contributed by atoms with Crippen molar-refractivity contribution in [1.29, 1.82) is 0 Å². The highest BCUT2D eigenvalue weighted by Gasteiger charge is 2.16. The van der Waals surface area contributed by atoms with Gasteiger partial charge < -0.3 is 21.7 Å². The highest BCUT2D eigenvalue weighted by atomic mass is 15.2. The molecule has 6 heteroatoms. The van der Waals surface area contributed by atoms with Gasteiger partial charge in [0, 0.05) is 25.2 Å². The van der Waals surface area contributed by atoms with E-state index in [2.05, 4.69) is 27.1 Å². The van der Waals surface area contributed by atoms with Crippen molar-refractivity contribution in [3.8, 4) is 0 Å². The van der Waals surface area contributed by atoms with Gasteiger partial charge in [-0.05, 0) is 32.7 Å². The predicted molar refractivity (Wildman–Crippen MR) is 78.8 cm³/mol. The first-order valence-electron chi connectivity index (χ1n) is 7.03. The number of nitrogens with zero attached hydrogens (tertiary/aromatic N) is 3. The Morgan fingerprint density at radius 1 is 1.37 bits per heavy atom. The molecule has 0 spiro atoms. The van der Waals surface area contributed by atoms with Gasteiger partial charge in [-0.25, -0.2) is 0 Å². The van der Waals surface area contributed by atoms with Gasteiger partial charge in [0.05, 0.1) is 0 Å². The minimum absolute atomic E-state index is 0.215. The van der Waals surface area contributed by atoms with E-state index < -0.39 is 0 Å². The summed E-state index contributed by atoms with van der Waals surface area (Å²) < 4.78 is 0. The van der Waals surface area contributed by atoms with Crippen LogP contribution in [0.5, 0.6) is 0 Å². The topological polar surface area (TPSA) is 93.1 Å². The zero-order valence-corrected chi connectivity index (χ0v) is 11.6. The molecule has 2 heterocycles. The lowest BCUT2D eigenvalue weighted by molar-refractivity contribution is 0.160. The Bertz CT molecular complexity index is 388. The van der Waals surface area contributed by atoms with Crippen molar-refractivity contribution in [2.75, 3.05) is 36.4 Å². The van der Waals surface area contributed by atoms with Crippen molar-refractivity contribution in [3.63, 3.8) is 0 Å². The van der Waals surface area contributed by atoms with Crippen LogP contribution < -0.4 is 16.8 Å². The van der Waals surface area contributed by atoms with Crippen LogP contribution in [0.1, 0.15) is 32.6 Å². The number of rotatable bonds is 5. The average molecular weight is 264 g/mol. The van der Waals surface area contributed by atoms with Gasteiger partial charge in [-0.2, -0.15) is 9.97 Å². The molecule has 0 aliphatic carbocycles. The second kappa shape index (κ2) is 6.56. The number of hydrogen-bond acceptors (Lipinski definition) is 6. The molecule has 0 saturated carbocycles. The van der Waals surface area contributed by atoms with Crippen molar-refractivity contribution >= 4 is 17.6 Å². The van der Waals surface area contributed by atoms with E-state index in [1.54, 1.807) is 6.07 Å². The molecule has 1 aromatic rings. The maximum Gasteiger partial charge on any atom is 0.223 e. The van der Waals surface area contributed by atoms with Crippen LogP contribution in [-0.2, 0) is 0 Å². The molecule has 5 N–H and O–H groups in total. The third kappa shape index (κ3) is 4.24. The smallest absolute Gasteiger partial charge is 0.223 e. The van der Waals surface area contributed by atoms with Gasteiger partial charge in [0.15, 0.2) is 0 Å². The quantitative estimate of drug-likeness (QED) is 0.694. The molecule has 0 radical (unpaired) electrons. The highest BCUT2D eigenvalue weighted by Crippen LogP contribution is 2.16. The molecule has 2 rings (SSSR count). The normalized spacial score (nSPS) is 20.4. The van der Waals surface area contributed by atoms with Crippen molar-refractivity contribution in [2.24, 2.45) is 0 Å². The molecular formula is C13H24N6. The summed E-state index contributed by atoms with van der Waals surface area (Å²) in [5, 5.41) is 3.24. The van der Waals surface area contributed by atoms with Crippen LogP contribution in [0, 0.1) is 0 Å². The van der Waals surface area contributed by atoms with Crippen LogP contribution in [0.25, 0.3) is 0 Å². The summed E-state index contributed by atoms with van der Waals surface area (Å²) >= 11 is 0. The van der Waals surface area contributed by atoms with Crippen LogP contribution in [0.4, 0.5) is 17.6 Å². The summed E-state index contributed by atoms with van der Waals surface area (Å²) in [5.41, 5.74) is 11.2. The molecule has 1 aliphatic heterocycles. The first-order valence-corrected chi connectivity index (χ1v) is 7.03. The molecule has 0 bridgehead atoms. The Kier molecular flexibility index (Phi) is 4.79. The lowest BCUT2D eigenvalue weighted by atomic mass is 10.0. The number of anilines is 3. The van der Waals surface area contributed by atoms with Crippen LogP contribution in [0.3, 0.4) is 0 Å². The predicted octanol–water partition coefficient (Wildman–Crippen LogP) is 1.32. The summed E-state index contributed by atoms with van der Waals surface area (Å²) in [4.78, 5) is 10.5. The summed E-state index contributed by atoms with van der Waals surface area (Å²) in [5.74, 6) is 1.32. The zero-order valence-electron chi connectivity index (χ0n) is 11.6. The molecule has 0 amide bonds. The van der Waals surface area contributed by atoms with E-state index >= 15 is 0 Å². The number of likely N-dealkylation sites (tertiary alicyclic amines) is 1. The van der Waals surface area contributed by atoms with Crippen LogP contribution in [-0.4, -0.2) is 40.5 Å². The standard InChI is InChI=1S/C13H24N6/c1-10-5-2-3-7-19(10)8-4-6-16-12-9-11(14)17-13(15)18-12/h9-10H,2-8H2,1H3,(H5,14,15,16,17,18). The number of nitrogen functional groups attached to an aromatic ring is 2. The van der Waals surface area contributed by atoms with Crippen LogP contribution in [0.15, 0.2) is 6.07 Å². The molecule has 19 heavy (non-hydrogen) atoms. The Labute approximate surface area is 114 Å². The number of nitrogens with one attached hydrogen (secondary N) is 1. The molecule has 106 valence electrons. The minimum atomic E-state index is 0.215.